The second-order valence-corrected chi connectivity index (χ2v) is 6.91. The highest BCUT2D eigenvalue weighted by Crippen LogP contribution is 2.31. The minimum atomic E-state index is 0.544. The van der Waals surface area contributed by atoms with Crippen molar-refractivity contribution in [3.05, 3.63) is 22.9 Å². The van der Waals surface area contributed by atoms with Crippen LogP contribution in [0.25, 0.3) is 0 Å². The molecular weight excluding hydrogens is 254 g/mol. The lowest BCUT2D eigenvalue weighted by atomic mass is 10.1. The summed E-state index contributed by atoms with van der Waals surface area (Å²) >= 11 is 2.07. The fourth-order valence-corrected chi connectivity index (χ4v) is 3.81. The molecule has 1 aromatic rings. The lowest BCUT2D eigenvalue weighted by Gasteiger charge is -2.39. The van der Waals surface area contributed by atoms with E-state index in [1.807, 2.05) is 7.05 Å². The van der Waals surface area contributed by atoms with E-state index in [4.69, 9.17) is 4.98 Å². The van der Waals surface area contributed by atoms with Crippen LogP contribution in [-0.4, -0.2) is 35.6 Å². The standard InChI is InChI=1S/C15H25N3S/c1-10-8-11(2)17-15(14(10)9-16-5)18-6-7-19-13(4)12(18)3/h8,12-13,16H,6-7,9H2,1-5H3. The summed E-state index contributed by atoms with van der Waals surface area (Å²) in [6.07, 6.45) is 0. The molecule has 2 rings (SSSR count). The molecule has 0 radical (unpaired) electrons. The van der Waals surface area contributed by atoms with E-state index in [-0.39, 0.29) is 0 Å². The maximum atomic E-state index is 4.84. The molecule has 1 aliphatic rings. The van der Waals surface area contributed by atoms with Crippen LogP contribution in [0.3, 0.4) is 0 Å². The summed E-state index contributed by atoms with van der Waals surface area (Å²) in [5.74, 6) is 2.38. The van der Waals surface area contributed by atoms with Crippen LogP contribution in [0, 0.1) is 13.8 Å². The first-order valence-corrected chi connectivity index (χ1v) is 8.09. The molecule has 1 aromatic heterocycles. The predicted octanol–water partition coefficient (Wildman–Crippen LogP) is 2.75. The molecule has 0 aliphatic carbocycles. The number of aromatic nitrogens is 1. The van der Waals surface area contributed by atoms with Crippen molar-refractivity contribution in [2.24, 2.45) is 0 Å². The number of rotatable bonds is 3. The minimum Gasteiger partial charge on any atom is -0.352 e. The second kappa shape index (κ2) is 6.14. The highest BCUT2D eigenvalue weighted by Gasteiger charge is 2.28. The monoisotopic (exact) mass is 279 g/mol. The van der Waals surface area contributed by atoms with Gasteiger partial charge in [0.15, 0.2) is 0 Å². The van der Waals surface area contributed by atoms with Gasteiger partial charge in [0.1, 0.15) is 5.82 Å². The van der Waals surface area contributed by atoms with Gasteiger partial charge in [-0.3, -0.25) is 0 Å². The third-order valence-corrected chi connectivity index (χ3v) is 5.30. The van der Waals surface area contributed by atoms with Crippen molar-refractivity contribution in [1.82, 2.24) is 10.3 Å². The van der Waals surface area contributed by atoms with Gasteiger partial charge in [-0.1, -0.05) is 6.92 Å². The zero-order chi connectivity index (χ0) is 14.0. The number of nitrogens with zero attached hydrogens (tertiary/aromatic N) is 2. The second-order valence-electron chi connectivity index (χ2n) is 5.42. The van der Waals surface area contributed by atoms with Crippen LogP contribution in [0.1, 0.15) is 30.7 Å². The van der Waals surface area contributed by atoms with Gasteiger partial charge in [-0.25, -0.2) is 4.98 Å². The van der Waals surface area contributed by atoms with Crippen molar-refractivity contribution in [3.63, 3.8) is 0 Å². The summed E-state index contributed by atoms with van der Waals surface area (Å²) in [4.78, 5) is 7.33. The average molecular weight is 279 g/mol. The lowest BCUT2D eigenvalue weighted by molar-refractivity contribution is 0.614. The van der Waals surface area contributed by atoms with Gasteiger partial charge in [0.05, 0.1) is 0 Å². The molecule has 2 heterocycles. The summed E-state index contributed by atoms with van der Waals surface area (Å²) in [6.45, 7) is 10.9. The molecule has 4 heteroatoms. The third kappa shape index (κ3) is 3.06. The summed E-state index contributed by atoms with van der Waals surface area (Å²) in [7, 11) is 2.00. The van der Waals surface area contributed by atoms with Gasteiger partial charge in [-0.15, -0.1) is 0 Å². The highest BCUT2D eigenvalue weighted by molar-refractivity contribution is 8.00. The van der Waals surface area contributed by atoms with Crippen molar-refractivity contribution >= 4 is 17.6 Å². The molecule has 1 fully saturated rings. The highest BCUT2D eigenvalue weighted by atomic mass is 32.2. The zero-order valence-corrected chi connectivity index (χ0v) is 13.5. The summed E-state index contributed by atoms with van der Waals surface area (Å²) in [6, 6.07) is 2.73. The van der Waals surface area contributed by atoms with Gasteiger partial charge in [0.2, 0.25) is 0 Å². The predicted molar refractivity (Wildman–Crippen MR) is 85.2 cm³/mol. The van der Waals surface area contributed by atoms with E-state index in [1.54, 1.807) is 0 Å². The Labute approximate surface area is 121 Å². The van der Waals surface area contributed by atoms with Gasteiger partial charge in [-0.2, -0.15) is 11.8 Å². The van der Waals surface area contributed by atoms with Crippen molar-refractivity contribution in [3.8, 4) is 0 Å². The minimum absolute atomic E-state index is 0.544. The van der Waals surface area contributed by atoms with E-state index in [0.717, 1.165) is 18.8 Å². The number of thioether (sulfide) groups is 1. The first kappa shape index (κ1) is 14.7. The Balaban J connectivity index is 2.41. The Morgan fingerprint density at radius 1 is 1.42 bits per heavy atom. The number of pyridine rings is 1. The van der Waals surface area contributed by atoms with Crippen LogP contribution in [0.2, 0.25) is 0 Å². The third-order valence-electron chi connectivity index (χ3n) is 3.96. The van der Waals surface area contributed by atoms with E-state index < -0.39 is 0 Å². The Bertz CT molecular complexity index is 447. The van der Waals surface area contributed by atoms with Crippen LogP contribution < -0.4 is 10.2 Å². The molecule has 3 nitrogen and oxygen atoms in total. The average Bonchev–Trinajstić information content (AvgIpc) is 2.36. The van der Waals surface area contributed by atoms with E-state index in [2.05, 4.69) is 55.7 Å². The molecule has 0 amide bonds. The zero-order valence-electron chi connectivity index (χ0n) is 12.7. The fourth-order valence-electron chi connectivity index (χ4n) is 2.71. The van der Waals surface area contributed by atoms with Crippen LogP contribution in [0.4, 0.5) is 5.82 Å². The summed E-state index contributed by atoms with van der Waals surface area (Å²) < 4.78 is 0. The van der Waals surface area contributed by atoms with E-state index in [0.29, 0.717) is 11.3 Å². The van der Waals surface area contributed by atoms with Crippen molar-refractivity contribution in [2.75, 3.05) is 24.2 Å². The van der Waals surface area contributed by atoms with Gasteiger partial charge < -0.3 is 10.2 Å². The van der Waals surface area contributed by atoms with Crippen molar-refractivity contribution < 1.29 is 0 Å². The van der Waals surface area contributed by atoms with E-state index >= 15 is 0 Å². The van der Waals surface area contributed by atoms with Gasteiger partial charge in [0, 0.05) is 41.4 Å². The van der Waals surface area contributed by atoms with Crippen LogP contribution in [-0.2, 0) is 6.54 Å². The number of aryl methyl sites for hydroxylation is 2. The Morgan fingerprint density at radius 2 is 2.16 bits per heavy atom. The van der Waals surface area contributed by atoms with Gasteiger partial charge in [0.25, 0.3) is 0 Å². The van der Waals surface area contributed by atoms with E-state index in [1.165, 1.54) is 22.7 Å². The molecule has 0 bridgehead atoms. The van der Waals surface area contributed by atoms with Crippen LogP contribution in [0.15, 0.2) is 6.07 Å². The molecular formula is C15H25N3S. The van der Waals surface area contributed by atoms with E-state index in [9.17, 15) is 0 Å². The molecule has 0 spiro atoms. The Hall–Kier alpha value is -0.740. The van der Waals surface area contributed by atoms with Crippen molar-refractivity contribution in [1.29, 1.82) is 0 Å². The fraction of sp³-hybridized carbons (Fsp3) is 0.667. The quantitative estimate of drug-likeness (QED) is 0.921. The van der Waals surface area contributed by atoms with Gasteiger partial charge in [-0.05, 0) is 39.4 Å². The van der Waals surface area contributed by atoms with Crippen LogP contribution >= 0.6 is 11.8 Å². The Morgan fingerprint density at radius 3 is 2.84 bits per heavy atom. The van der Waals surface area contributed by atoms with Gasteiger partial charge >= 0.3 is 0 Å². The molecule has 2 atom stereocenters. The SMILES string of the molecule is CNCc1c(C)cc(C)nc1N1CCSC(C)C1C. The first-order chi connectivity index (χ1) is 9.04. The topological polar surface area (TPSA) is 28.2 Å². The van der Waals surface area contributed by atoms with Crippen LogP contribution in [0.5, 0.6) is 0 Å². The normalized spacial score (nSPS) is 23.7. The smallest absolute Gasteiger partial charge is 0.133 e. The first-order valence-electron chi connectivity index (χ1n) is 7.04. The molecule has 2 unspecified atom stereocenters. The number of anilines is 1. The number of hydrogen-bond acceptors (Lipinski definition) is 4. The maximum absolute atomic E-state index is 4.84. The number of nitrogens with one attached hydrogen (secondary N) is 1. The maximum Gasteiger partial charge on any atom is 0.133 e. The number of hydrogen-bond donors (Lipinski definition) is 1. The molecule has 1 saturated heterocycles. The molecule has 106 valence electrons. The summed E-state index contributed by atoms with van der Waals surface area (Å²) in [5, 5.41) is 3.94. The molecule has 1 aliphatic heterocycles. The Kier molecular flexibility index (Phi) is 4.74. The molecule has 1 N–H and O–H groups in total. The molecule has 0 aromatic carbocycles. The molecule has 0 saturated carbocycles. The summed E-state index contributed by atoms with van der Waals surface area (Å²) in [5.41, 5.74) is 3.81. The largest absolute Gasteiger partial charge is 0.352 e. The van der Waals surface area contributed by atoms with Crippen molar-refractivity contribution in [2.45, 2.75) is 45.5 Å². The molecule has 19 heavy (non-hydrogen) atoms. The lowest BCUT2D eigenvalue weighted by Crippen LogP contribution is -2.45.